The molecule has 2 rings (SSSR count). The summed E-state index contributed by atoms with van der Waals surface area (Å²) in [6, 6.07) is 11.0. The first-order valence-electron chi connectivity index (χ1n) is 9.95. The van der Waals surface area contributed by atoms with E-state index in [9.17, 15) is 18.0 Å². The van der Waals surface area contributed by atoms with Gasteiger partial charge in [-0.1, -0.05) is 31.2 Å². The first-order valence-corrected chi connectivity index (χ1v) is 11.8. The first-order chi connectivity index (χ1) is 14.6. The minimum absolute atomic E-state index is 0.247. The maximum Gasteiger partial charge on any atom is 0.253 e. The lowest BCUT2D eigenvalue weighted by Gasteiger charge is -2.30. The number of aryl methyl sites for hydroxylation is 2. The number of amides is 2. The standard InChI is InChI=1S/C23H29N3O4S/c1-6-12-24-22(27)19-10-8-9-11-20(19)25-23(28)21(7-2)26(31(5,29)30)18-14-16(3)13-17(4)15-18/h6,8-11,13-15,21H,1,7,12H2,2-5H3,(H,24,27)(H,25,28)/t21-/m0/s1. The van der Waals surface area contributed by atoms with Crippen molar-refractivity contribution in [3.05, 3.63) is 71.8 Å². The Morgan fingerprint density at radius 3 is 2.29 bits per heavy atom. The predicted octanol–water partition coefficient (Wildman–Crippen LogP) is 3.40. The molecule has 0 fully saturated rings. The molecular formula is C23H29N3O4S. The van der Waals surface area contributed by atoms with Gasteiger partial charge in [-0.05, 0) is 55.7 Å². The van der Waals surface area contributed by atoms with E-state index in [0.29, 0.717) is 11.4 Å². The van der Waals surface area contributed by atoms with Gasteiger partial charge in [-0.2, -0.15) is 0 Å². The number of rotatable bonds is 9. The van der Waals surface area contributed by atoms with Crippen molar-refractivity contribution in [3.8, 4) is 0 Å². The molecule has 0 aromatic heterocycles. The Balaban J connectivity index is 2.42. The zero-order valence-electron chi connectivity index (χ0n) is 18.3. The van der Waals surface area contributed by atoms with Crippen LogP contribution in [0.5, 0.6) is 0 Å². The molecule has 0 radical (unpaired) electrons. The van der Waals surface area contributed by atoms with Crippen LogP contribution in [0.15, 0.2) is 55.1 Å². The van der Waals surface area contributed by atoms with Crippen LogP contribution >= 0.6 is 0 Å². The van der Waals surface area contributed by atoms with Gasteiger partial charge in [0.2, 0.25) is 15.9 Å². The van der Waals surface area contributed by atoms with Gasteiger partial charge >= 0.3 is 0 Å². The maximum absolute atomic E-state index is 13.2. The van der Waals surface area contributed by atoms with Gasteiger partial charge in [-0.25, -0.2) is 8.42 Å². The number of sulfonamides is 1. The summed E-state index contributed by atoms with van der Waals surface area (Å²) in [5.41, 5.74) is 2.80. The van der Waals surface area contributed by atoms with Gasteiger partial charge in [-0.15, -0.1) is 6.58 Å². The van der Waals surface area contributed by atoms with Gasteiger partial charge in [0.25, 0.3) is 5.91 Å². The van der Waals surface area contributed by atoms with Gasteiger partial charge in [0.1, 0.15) is 6.04 Å². The van der Waals surface area contributed by atoms with Crippen LogP contribution in [0.3, 0.4) is 0 Å². The van der Waals surface area contributed by atoms with Crippen molar-refractivity contribution in [1.82, 2.24) is 5.32 Å². The largest absolute Gasteiger partial charge is 0.349 e. The number of carbonyl (C=O) groups excluding carboxylic acids is 2. The minimum Gasteiger partial charge on any atom is -0.349 e. The van der Waals surface area contributed by atoms with Crippen LogP contribution in [0.4, 0.5) is 11.4 Å². The van der Waals surface area contributed by atoms with E-state index in [2.05, 4.69) is 17.2 Å². The zero-order valence-corrected chi connectivity index (χ0v) is 19.1. The topological polar surface area (TPSA) is 95.6 Å². The molecule has 0 bridgehead atoms. The Morgan fingerprint density at radius 1 is 1.13 bits per heavy atom. The number of carbonyl (C=O) groups is 2. The molecule has 0 spiro atoms. The van der Waals surface area contributed by atoms with Crippen molar-refractivity contribution in [3.63, 3.8) is 0 Å². The van der Waals surface area contributed by atoms with E-state index in [-0.39, 0.29) is 24.4 Å². The highest BCUT2D eigenvalue weighted by Gasteiger charge is 2.32. The van der Waals surface area contributed by atoms with Crippen LogP contribution in [-0.2, 0) is 14.8 Å². The normalized spacial score (nSPS) is 12.0. The summed E-state index contributed by atoms with van der Waals surface area (Å²) in [6.07, 6.45) is 2.88. The molecule has 2 aromatic rings. The molecule has 0 heterocycles. The second-order valence-corrected chi connectivity index (χ2v) is 9.22. The molecular weight excluding hydrogens is 414 g/mol. The van der Waals surface area contributed by atoms with Gasteiger partial charge < -0.3 is 10.6 Å². The molecule has 0 saturated heterocycles. The molecule has 31 heavy (non-hydrogen) atoms. The smallest absolute Gasteiger partial charge is 0.253 e. The van der Waals surface area contributed by atoms with Crippen LogP contribution < -0.4 is 14.9 Å². The number of benzene rings is 2. The van der Waals surface area contributed by atoms with Gasteiger partial charge in [0.15, 0.2) is 0 Å². The summed E-state index contributed by atoms with van der Waals surface area (Å²) >= 11 is 0. The van der Waals surface area contributed by atoms with E-state index in [1.165, 1.54) is 0 Å². The average molecular weight is 444 g/mol. The van der Waals surface area contributed by atoms with Crippen molar-refractivity contribution in [2.45, 2.75) is 33.2 Å². The molecule has 0 saturated carbocycles. The number of anilines is 2. The molecule has 2 amide bonds. The molecule has 8 heteroatoms. The highest BCUT2D eigenvalue weighted by Crippen LogP contribution is 2.26. The highest BCUT2D eigenvalue weighted by atomic mass is 32.2. The van der Waals surface area contributed by atoms with E-state index >= 15 is 0 Å². The lowest BCUT2D eigenvalue weighted by atomic mass is 10.1. The van der Waals surface area contributed by atoms with Crippen molar-refractivity contribution in [1.29, 1.82) is 0 Å². The molecule has 0 aliphatic heterocycles. The number of para-hydroxylation sites is 1. The summed E-state index contributed by atoms with van der Waals surface area (Å²) in [7, 11) is -3.76. The SMILES string of the molecule is C=CCNC(=O)c1ccccc1NC(=O)[C@H](CC)N(c1cc(C)cc(C)c1)S(C)(=O)=O. The average Bonchev–Trinajstić information content (AvgIpc) is 2.68. The van der Waals surface area contributed by atoms with Crippen LogP contribution in [0.25, 0.3) is 0 Å². The Morgan fingerprint density at radius 2 is 1.74 bits per heavy atom. The Bertz CT molecular complexity index is 1060. The zero-order chi connectivity index (χ0) is 23.2. The fourth-order valence-electron chi connectivity index (χ4n) is 3.40. The molecule has 0 aliphatic rings. The summed E-state index contributed by atoms with van der Waals surface area (Å²) in [4.78, 5) is 25.6. The second-order valence-electron chi connectivity index (χ2n) is 7.36. The molecule has 0 aliphatic carbocycles. The van der Waals surface area contributed by atoms with E-state index < -0.39 is 22.0 Å². The molecule has 166 valence electrons. The Hall–Kier alpha value is -3.13. The summed E-state index contributed by atoms with van der Waals surface area (Å²) in [6.45, 7) is 9.34. The van der Waals surface area contributed by atoms with Gasteiger partial charge in [-0.3, -0.25) is 13.9 Å². The molecule has 2 N–H and O–H groups in total. The molecule has 7 nitrogen and oxygen atoms in total. The fraction of sp³-hybridized carbons (Fsp3) is 0.304. The van der Waals surface area contributed by atoms with Crippen LogP contribution in [0.2, 0.25) is 0 Å². The summed E-state index contributed by atoms with van der Waals surface area (Å²) in [5, 5.41) is 5.41. The first kappa shape index (κ1) is 24.1. The van der Waals surface area contributed by atoms with E-state index in [1.807, 2.05) is 19.9 Å². The molecule has 0 unspecified atom stereocenters. The quantitative estimate of drug-likeness (QED) is 0.581. The maximum atomic E-state index is 13.2. The third kappa shape index (κ3) is 6.18. The predicted molar refractivity (Wildman–Crippen MR) is 125 cm³/mol. The third-order valence-corrected chi connectivity index (χ3v) is 5.81. The van der Waals surface area contributed by atoms with E-state index in [0.717, 1.165) is 21.7 Å². The number of nitrogens with zero attached hydrogens (tertiary/aromatic N) is 1. The number of nitrogens with one attached hydrogen (secondary N) is 2. The van der Waals surface area contributed by atoms with Crippen molar-refractivity contribution < 1.29 is 18.0 Å². The molecule has 2 aromatic carbocycles. The summed E-state index contributed by atoms with van der Waals surface area (Å²) < 4.78 is 26.5. The summed E-state index contributed by atoms with van der Waals surface area (Å²) in [5.74, 6) is -0.880. The van der Waals surface area contributed by atoms with Crippen LogP contribution in [0, 0.1) is 13.8 Å². The Labute approximate surface area is 184 Å². The van der Waals surface area contributed by atoms with Crippen LogP contribution in [-0.4, -0.2) is 39.1 Å². The number of hydrogen-bond acceptors (Lipinski definition) is 4. The fourth-order valence-corrected chi connectivity index (χ4v) is 4.60. The van der Waals surface area contributed by atoms with Crippen LogP contribution in [0.1, 0.15) is 34.8 Å². The van der Waals surface area contributed by atoms with Crippen molar-refractivity contribution >= 4 is 33.2 Å². The Kier molecular flexibility index (Phi) is 7.99. The monoisotopic (exact) mass is 443 g/mol. The molecule has 1 atom stereocenters. The van der Waals surface area contributed by atoms with Gasteiger partial charge in [0.05, 0.1) is 23.2 Å². The van der Waals surface area contributed by atoms with Gasteiger partial charge in [0, 0.05) is 6.54 Å². The number of hydrogen-bond donors (Lipinski definition) is 2. The van der Waals surface area contributed by atoms with Crippen molar-refractivity contribution in [2.75, 3.05) is 22.4 Å². The lowest BCUT2D eigenvalue weighted by molar-refractivity contribution is -0.117. The highest BCUT2D eigenvalue weighted by molar-refractivity contribution is 7.92. The third-order valence-electron chi connectivity index (χ3n) is 4.63. The van der Waals surface area contributed by atoms with E-state index in [4.69, 9.17) is 0 Å². The van der Waals surface area contributed by atoms with E-state index in [1.54, 1.807) is 49.4 Å². The minimum atomic E-state index is -3.76. The lowest BCUT2D eigenvalue weighted by Crippen LogP contribution is -2.47. The second kappa shape index (κ2) is 10.3. The van der Waals surface area contributed by atoms with Crippen molar-refractivity contribution in [2.24, 2.45) is 0 Å².